The fraction of sp³-hybridized carbons (Fsp3) is 0.611. The summed E-state index contributed by atoms with van der Waals surface area (Å²) in [5.74, 6) is -0.252. The van der Waals surface area contributed by atoms with Crippen molar-refractivity contribution in [2.75, 3.05) is 39.4 Å². The van der Waals surface area contributed by atoms with Crippen molar-refractivity contribution in [1.82, 2.24) is 14.9 Å². The third-order valence-corrected chi connectivity index (χ3v) is 5.74. The number of hydrogen-bond acceptors (Lipinski definition) is 5. The molecule has 1 aromatic rings. The fourth-order valence-corrected chi connectivity index (χ4v) is 4.07. The lowest BCUT2D eigenvalue weighted by atomic mass is 10.2. The Morgan fingerprint density at radius 3 is 2.65 bits per heavy atom. The van der Waals surface area contributed by atoms with Gasteiger partial charge in [0.2, 0.25) is 10.0 Å². The van der Waals surface area contributed by atoms with E-state index in [0.717, 1.165) is 45.7 Å². The van der Waals surface area contributed by atoms with Crippen LogP contribution >= 0.6 is 0 Å². The van der Waals surface area contributed by atoms with Gasteiger partial charge in [-0.15, -0.1) is 0 Å². The summed E-state index contributed by atoms with van der Waals surface area (Å²) in [6.45, 7) is 8.62. The van der Waals surface area contributed by atoms with Crippen LogP contribution in [-0.4, -0.2) is 64.7 Å². The molecule has 7 nitrogen and oxygen atoms in total. The van der Waals surface area contributed by atoms with Crippen molar-refractivity contribution in [3.8, 4) is 0 Å². The lowest BCUT2D eigenvalue weighted by Gasteiger charge is -2.26. The number of carbonyl (C=O) groups is 1. The lowest BCUT2D eigenvalue weighted by molar-refractivity contribution is 0.0372. The quantitative estimate of drug-likeness (QED) is 0.626. The van der Waals surface area contributed by atoms with E-state index < -0.39 is 10.0 Å². The predicted octanol–water partition coefficient (Wildman–Crippen LogP) is 1.22. The van der Waals surface area contributed by atoms with Crippen LogP contribution in [0.25, 0.3) is 0 Å². The number of carbonyl (C=O) groups excluding carboxylic acids is 1. The molecule has 1 saturated heterocycles. The Bertz CT molecular complexity index is 685. The average Bonchev–Trinajstić information content (AvgIpc) is 2.61. The molecular formula is C18H29N3O4S. The first-order valence-electron chi connectivity index (χ1n) is 9.09. The highest BCUT2D eigenvalue weighted by atomic mass is 32.2. The van der Waals surface area contributed by atoms with Gasteiger partial charge in [0.15, 0.2) is 0 Å². The second-order valence-corrected chi connectivity index (χ2v) is 8.43. The zero-order valence-corrected chi connectivity index (χ0v) is 16.3. The number of sulfonamides is 1. The molecule has 1 fully saturated rings. The summed E-state index contributed by atoms with van der Waals surface area (Å²) in [6.07, 6.45) is 1.89. The summed E-state index contributed by atoms with van der Waals surface area (Å²) in [4.78, 5) is 14.7. The van der Waals surface area contributed by atoms with Crippen molar-refractivity contribution >= 4 is 15.9 Å². The van der Waals surface area contributed by atoms with E-state index in [1.807, 2.05) is 0 Å². The summed E-state index contributed by atoms with van der Waals surface area (Å²) in [5.41, 5.74) is 0.352. The van der Waals surface area contributed by atoms with Crippen LogP contribution in [0.15, 0.2) is 29.2 Å². The largest absolute Gasteiger partial charge is 0.379 e. The number of hydrogen-bond donors (Lipinski definition) is 2. The van der Waals surface area contributed by atoms with Gasteiger partial charge in [-0.3, -0.25) is 9.69 Å². The van der Waals surface area contributed by atoms with Gasteiger partial charge < -0.3 is 10.1 Å². The minimum Gasteiger partial charge on any atom is -0.379 e. The van der Waals surface area contributed by atoms with Crippen molar-refractivity contribution in [2.45, 2.75) is 37.6 Å². The molecule has 0 aromatic heterocycles. The molecule has 0 unspecified atom stereocenters. The first-order chi connectivity index (χ1) is 12.4. The zero-order valence-electron chi connectivity index (χ0n) is 15.5. The monoisotopic (exact) mass is 383 g/mol. The van der Waals surface area contributed by atoms with Gasteiger partial charge in [-0.2, -0.15) is 0 Å². The van der Waals surface area contributed by atoms with E-state index in [-0.39, 0.29) is 16.8 Å². The van der Waals surface area contributed by atoms with Gasteiger partial charge in [0.25, 0.3) is 5.91 Å². The Morgan fingerprint density at radius 1 is 1.23 bits per heavy atom. The smallest absolute Gasteiger partial charge is 0.251 e. The van der Waals surface area contributed by atoms with Crippen molar-refractivity contribution in [2.24, 2.45) is 0 Å². The summed E-state index contributed by atoms with van der Waals surface area (Å²) >= 11 is 0. The van der Waals surface area contributed by atoms with E-state index in [9.17, 15) is 13.2 Å². The van der Waals surface area contributed by atoms with Crippen LogP contribution in [0.1, 0.15) is 37.0 Å². The molecule has 0 spiro atoms. The standard InChI is InChI=1S/C18H29N3O4S/c1-15(2)20-26(23,24)17-7-5-6-16(14-17)18(22)19-8-3-4-9-21-10-12-25-13-11-21/h5-7,14-15,20H,3-4,8-13H2,1-2H3,(H,19,22). The SMILES string of the molecule is CC(C)NS(=O)(=O)c1cccc(C(=O)NCCCCN2CCOCC2)c1. The van der Waals surface area contributed by atoms with Crippen molar-refractivity contribution in [3.05, 3.63) is 29.8 Å². The average molecular weight is 384 g/mol. The van der Waals surface area contributed by atoms with Crippen LogP contribution in [0.2, 0.25) is 0 Å². The molecular weight excluding hydrogens is 354 g/mol. The van der Waals surface area contributed by atoms with Gasteiger partial charge >= 0.3 is 0 Å². The maximum absolute atomic E-state index is 12.3. The van der Waals surface area contributed by atoms with Gasteiger partial charge in [0.05, 0.1) is 18.1 Å². The summed E-state index contributed by atoms with van der Waals surface area (Å²) in [5, 5.41) is 2.86. The molecule has 1 aromatic carbocycles. The maximum Gasteiger partial charge on any atom is 0.251 e. The third kappa shape index (κ3) is 6.68. The molecule has 146 valence electrons. The number of ether oxygens (including phenoxy) is 1. The highest BCUT2D eigenvalue weighted by Gasteiger charge is 2.17. The van der Waals surface area contributed by atoms with Crippen LogP contribution in [0, 0.1) is 0 Å². The van der Waals surface area contributed by atoms with E-state index >= 15 is 0 Å². The van der Waals surface area contributed by atoms with Crippen molar-refractivity contribution < 1.29 is 17.9 Å². The Balaban J connectivity index is 1.79. The second-order valence-electron chi connectivity index (χ2n) is 6.72. The van der Waals surface area contributed by atoms with Gasteiger partial charge in [-0.25, -0.2) is 13.1 Å². The molecule has 0 radical (unpaired) electrons. The van der Waals surface area contributed by atoms with Crippen LogP contribution in [0.3, 0.4) is 0 Å². The van der Waals surface area contributed by atoms with E-state index in [1.54, 1.807) is 26.0 Å². The highest BCUT2D eigenvalue weighted by Crippen LogP contribution is 2.12. The Morgan fingerprint density at radius 2 is 1.96 bits per heavy atom. The molecule has 0 aliphatic carbocycles. The highest BCUT2D eigenvalue weighted by molar-refractivity contribution is 7.89. The number of benzene rings is 1. The third-order valence-electron chi connectivity index (χ3n) is 4.09. The number of rotatable bonds is 9. The topological polar surface area (TPSA) is 87.7 Å². The Kier molecular flexibility index (Phi) is 8.02. The number of morpholine rings is 1. The molecule has 0 bridgehead atoms. The number of nitrogens with zero attached hydrogens (tertiary/aromatic N) is 1. The molecule has 1 amide bonds. The second kappa shape index (κ2) is 10.0. The minimum atomic E-state index is -3.60. The molecule has 8 heteroatoms. The summed E-state index contributed by atoms with van der Waals surface area (Å²) < 4.78 is 32.3. The number of amides is 1. The molecule has 26 heavy (non-hydrogen) atoms. The first kappa shape index (κ1) is 20.8. The predicted molar refractivity (Wildman–Crippen MR) is 101 cm³/mol. The van der Waals surface area contributed by atoms with E-state index in [0.29, 0.717) is 12.1 Å². The van der Waals surface area contributed by atoms with Crippen LogP contribution in [0.5, 0.6) is 0 Å². The molecule has 0 saturated carbocycles. The molecule has 1 aliphatic heterocycles. The Labute approximate surface area is 156 Å². The zero-order chi connectivity index (χ0) is 19.0. The van der Waals surface area contributed by atoms with Gasteiger partial charge in [0.1, 0.15) is 0 Å². The lowest BCUT2D eigenvalue weighted by Crippen LogP contribution is -2.37. The van der Waals surface area contributed by atoms with E-state index in [4.69, 9.17) is 4.74 Å². The molecule has 2 rings (SSSR count). The van der Waals surface area contributed by atoms with Crippen LogP contribution in [-0.2, 0) is 14.8 Å². The minimum absolute atomic E-state index is 0.103. The first-order valence-corrected chi connectivity index (χ1v) is 10.6. The molecule has 1 heterocycles. The van der Waals surface area contributed by atoms with Crippen LogP contribution in [0.4, 0.5) is 0 Å². The van der Waals surface area contributed by atoms with E-state index in [2.05, 4.69) is 14.9 Å². The summed E-state index contributed by atoms with van der Waals surface area (Å²) in [6, 6.07) is 5.90. The van der Waals surface area contributed by atoms with Gasteiger partial charge in [0, 0.05) is 31.2 Å². The molecule has 0 atom stereocenters. The normalized spacial score (nSPS) is 16.0. The van der Waals surface area contributed by atoms with Crippen molar-refractivity contribution in [1.29, 1.82) is 0 Å². The van der Waals surface area contributed by atoms with Gasteiger partial charge in [-0.05, 0) is 51.4 Å². The Hall–Kier alpha value is -1.48. The number of nitrogens with one attached hydrogen (secondary N) is 2. The number of unbranched alkanes of at least 4 members (excludes halogenated alkanes) is 1. The summed E-state index contributed by atoms with van der Waals surface area (Å²) in [7, 11) is -3.60. The molecule has 2 N–H and O–H groups in total. The van der Waals surface area contributed by atoms with Gasteiger partial charge in [-0.1, -0.05) is 6.07 Å². The van der Waals surface area contributed by atoms with Crippen molar-refractivity contribution in [3.63, 3.8) is 0 Å². The maximum atomic E-state index is 12.3. The van der Waals surface area contributed by atoms with E-state index in [1.165, 1.54) is 12.1 Å². The fourth-order valence-electron chi connectivity index (χ4n) is 2.77. The molecule has 1 aliphatic rings. The van der Waals surface area contributed by atoms with Crippen LogP contribution < -0.4 is 10.0 Å².